The first-order chi connectivity index (χ1) is 26.2. The summed E-state index contributed by atoms with van der Waals surface area (Å²) in [7, 11) is -1.84. The standard InChI is InChI=1S/C44H45N3O6S/c1-30(42(49)35-13-7-4-8-14-35)47(2)28-38-40(33-11-5-3-6-12-33)43(36-22-20-32(29-48)21-23-36)53-44(52-38)37-24-18-31(19-25-37)27-46-54(50,51)39-17-9-15-34-16-10-26-45-41(34)39/h3-26,30,38,40,42-44,46,48-49H,27-29H2,1-2H3. The predicted octanol–water partition coefficient (Wildman–Crippen LogP) is 7.20. The molecule has 3 N–H and O–H groups in total. The van der Waals surface area contributed by atoms with Crippen LogP contribution in [0.15, 0.2) is 151 Å². The number of rotatable bonds is 13. The van der Waals surface area contributed by atoms with Crippen LogP contribution in [-0.4, -0.2) is 54.3 Å². The van der Waals surface area contributed by atoms with E-state index >= 15 is 0 Å². The molecule has 0 saturated carbocycles. The van der Waals surface area contributed by atoms with Gasteiger partial charge in [0.1, 0.15) is 4.90 Å². The van der Waals surface area contributed by atoms with Gasteiger partial charge in [0, 0.05) is 42.2 Å². The van der Waals surface area contributed by atoms with Gasteiger partial charge in [0.15, 0.2) is 6.29 Å². The summed E-state index contributed by atoms with van der Waals surface area (Å²) in [6, 6.07) is 43.8. The number of aliphatic hydroxyl groups is 2. The first-order valence-electron chi connectivity index (χ1n) is 18.1. The number of ether oxygens (including phenoxy) is 2. The first kappa shape index (κ1) is 37.5. The normalized spacial score (nSPS) is 20.2. The van der Waals surface area contributed by atoms with E-state index in [0.29, 0.717) is 12.1 Å². The van der Waals surface area contributed by atoms with Gasteiger partial charge in [-0.1, -0.05) is 127 Å². The van der Waals surface area contributed by atoms with Crippen molar-refractivity contribution in [2.24, 2.45) is 0 Å². The minimum Gasteiger partial charge on any atom is -0.392 e. The van der Waals surface area contributed by atoms with Crippen molar-refractivity contribution in [3.8, 4) is 0 Å². The fourth-order valence-electron chi connectivity index (χ4n) is 7.13. The molecule has 1 saturated heterocycles. The molecule has 5 aromatic carbocycles. The highest BCUT2D eigenvalue weighted by Crippen LogP contribution is 2.47. The number of para-hydroxylation sites is 1. The Balaban J connectivity index is 1.16. The molecule has 0 amide bonds. The SMILES string of the molecule is CC(C(O)c1ccccc1)N(C)CC1OC(c2ccc(CNS(=O)(=O)c3cccc4cccnc34)cc2)OC(c2ccc(CO)cc2)C1c1ccccc1. The molecule has 2 heterocycles. The lowest BCUT2D eigenvalue weighted by Crippen LogP contribution is -2.46. The highest BCUT2D eigenvalue weighted by molar-refractivity contribution is 7.89. The van der Waals surface area contributed by atoms with Crippen LogP contribution in [0.4, 0.5) is 0 Å². The Labute approximate surface area is 316 Å². The van der Waals surface area contributed by atoms with Crippen molar-refractivity contribution in [3.63, 3.8) is 0 Å². The van der Waals surface area contributed by atoms with Gasteiger partial charge < -0.3 is 19.7 Å². The second kappa shape index (κ2) is 16.7. The van der Waals surface area contributed by atoms with Gasteiger partial charge in [0.2, 0.25) is 10.0 Å². The van der Waals surface area contributed by atoms with E-state index in [1.165, 1.54) is 0 Å². The lowest BCUT2D eigenvalue weighted by atomic mass is 9.83. The van der Waals surface area contributed by atoms with Gasteiger partial charge in [0.25, 0.3) is 0 Å². The Bertz CT molecular complexity index is 2230. The molecule has 1 fully saturated rings. The molecule has 0 aliphatic carbocycles. The van der Waals surface area contributed by atoms with E-state index in [9.17, 15) is 18.6 Å². The Morgan fingerprint density at radius 1 is 0.759 bits per heavy atom. The van der Waals surface area contributed by atoms with Crippen LogP contribution in [0.2, 0.25) is 0 Å². The van der Waals surface area contributed by atoms with Crippen molar-refractivity contribution in [1.29, 1.82) is 0 Å². The summed E-state index contributed by atoms with van der Waals surface area (Å²) >= 11 is 0. The number of nitrogens with one attached hydrogen (secondary N) is 1. The average Bonchev–Trinajstić information content (AvgIpc) is 3.22. The largest absolute Gasteiger partial charge is 0.392 e. The quantitative estimate of drug-likeness (QED) is 0.114. The Morgan fingerprint density at radius 2 is 1.41 bits per heavy atom. The van der Waals surface area contributed by atoms with Crippen LogP contribution in [0, 0.1) is 0 Å². The molecule has 0 spiro atoms. The summed E-state index contributed by atoms with van der Waals surface area (Å²) < 4.78 is 43.2. The highest BCUT2D eigenvalue weighted by Gasteiger charge is 2.43. The molecule has 0 radical (unpaired) electrons. The van der Waals surface area contributed by atoms with Crippen LogP contribution < -0.4 is 4.72 Å². The number of nitrogens with zero attached hydrogens (tertiary/aromatic N) is 2. The summed E-state index contributed by atoms with van der Waals surface area (Å²) in [6.07, 6.45) is -0.625. The summed E-state index contributed by atoms with van der Waals surface area (Å²) in [6.45, 7) is 2.54. The summed E-state index contributed by atoms with van der Waals surface area (Å²) in [5, 5.41) is 21.9. The van der Waals surface area contributed by atoms with Gasteiger partial charge in [-0.2, -0.15) is 0 Å². The molecular weight excluding hydrogens is 699 g/mol. The number of aromatic nitrogens is 1. The minimum atomic E-state index is -3.84. The molecule has 7 rings (SSSR count). The maximum Gasteiger partial charge on any atom is 0.243 e. The number of sulfonamides is 1. The Hall–Kier alpha value is -4.78. The minimum absolute atomic E-state index is 0.0595. The molecule has 1 aliphatic heterocycles. The van der Waals surface area contributed by atoms with E-state index in [2.05, 4.69) is 26.7 Å². The third-order valence-corrected chi connectivity index (χ3v) is 11.8. The van der Waals surface area contributed by atoms with Crippen molar-refractivity contribution in [2.45, 2.75) is 61.5 Å². The molecule has 6 atom stereocenters. The van der Waals surface area contributed by atoms with Crippen LogP contribution in [0.25, 0.3) is 10.9 Å². The van der Waals surface area contributed by atoms with Crippen molar-refractivity contribution >= 4 is 20.9 Å². The fourth-order valence-corrected chi connectivity index (χ4v) is 8.32. The van der Waals surface area contributed by atoms with Crippen molar-refractivity contribution in [3.05, 3.63) is 179 Å². The number of likely N-dealkylation sites (N-methyl/N-ethyl adjacent to an activating group) is 1. The van der Waals surface area contributed by atoms with Gasteiger partial charge >= 0.3 is 0 Å². The highest BCUT2D eigenvalue weighted by atomic mass is 32.2. The van der Waals surface area contributed by atoms with E-state index in [-0.39, 0.29) is 36.1 Å². The van der Waals surface area contributed by atoms with Crippen LogP contribution in [-0.2, 0) is 32.6 Å². The molecule has 6 unspecified atom stereocenters. The molecule has 278 valence electrons. The molecule has 6 aromatic rings. The Kier molecular flexibility index (Phi) is 11.6. The van der Waals surface area contributed by atoms with E-state index < -0.39 is 28.5 Å². The number of hydrogen-bond acceptors (Lipinski definition) is 8. The van der Waals surface area contributed by atoms with Gasteiger partial charge in [-0.05, 0) is 53.9 Å². The first-order valence-corrected chi connectivity index (χ1v) is 19.6. The Morgan fingerprint density at radius 3 is 2.11 bits per heavy atom. The van der Waals surface area contributed by atoms with Crippen LogP contribution in [0.1, 0.15) is 64.7 Å². The fraction of sp³-hybridized carbons (Fsp3) is 0.250. The van der Waals surface area contributed by atoms with Gasteiger partial charge in [-0.25, -0.2) is 13.1 Å². The average molecular weight is 744 g/mol. The topological polar surface area (TPSA) is 121 Å². The number of aliphatic hydroxyl groups excluding tert-OH is 2. The van der Waals surface area contributed by atoms with Gasteiger partial charge in [-0.15, -0.1) is 0 Å². The smallest absolute Gasteiger partial charge is 0.243 e. The molecule has 10 heteroatoms. The lowest BCUT2D eigenvalue weighted by Gasteiger charge is -2.45. The third-order valence-electron chi connectivity index (χ3n) is 10.3. The number of benzene rings is 5. The van der Waals surface area contributed by atoms with E-state index in [1.54, 1.807) is 24.4 Å². The maximum absolute atomic E-state index is 13.4. The van der Waals surface area contributed by atoms with Crippen LogP contribution in [0.3, 0.4) is 0 Å². The van der Waals surface area contributed by atoms with Crippen molar-refractivity contribution < 1.29 is 28.1 Å². The van der Waals surface area contributed by atoms with E-state index in [4.69, 9.17) is 9.47 Å². The molecular formula is C44H45N3O6S. The number of hydrogen-bond donors (Lipinski definition) is 3. The van der Waals surface area contributed by atoms with E-state index in [1.807, 2.05) is 123 Å². The zero-order valence-corrected chi connectivity index (χ0v) is 31.1. The maximum atomic E-state index is 13.4. The predicted molar refractivity (Wildman–Crippen MR) is 209 cm³/mol. The zero-order valence-electron chi connectivity index (χ0n) is 30.3. The zero-order chi connectivity index (χ0) is 37.7. The van der Waals surface area contributed by atoms with Crippen molar-refractivity contribution in [1.82, 2.24) is 14.6 Å². The second-order valence-electron chi connectivity index (χ2n) is 13.8. The summed E-state index contributed by atoms with van der Waals surface area (Å²) in [5.74, 6) is -0.205. The summed E-state index contributed by atoms with van der Waals surface area (Å²) in [5.41, 5.74) is 5.65. The summed E-state index contributed by atoms with van der Waals surface area (Å²) in [4.78, 5) is 6.57. The number of fused-ring (bicyclic) bond motifs is 1. The molecule has 54 heavy (non-hydrogen) atoms. The van der Waals surface area contributed by atoms with Crippen LogP contribution >= 0.6 is 0 Å². The van der Waals surface area contributed by atoms with Crippen LogP contribution in [0.5, 0.6) is 0 Å². The van der Waals surface area contributed by atoms with Gasteiger partial charge in [0.05, 0.1) is 30.4 Å². The molecule has 0 bridgehead atoms. The monoisotopic (exact) mass is 743 g/mol. The molecule has 9 nitrogen and oxygen atoms in total. The van der Waals surface area contributed by atoms with Crippen molar-refractivity contribution in [2.75, 3.05) is 13.6 Å². The second-order valence-corrected chi connectivity index (χ2v) is 15.6. The molecule has 1 aliphatic rings. The third kappa shape index (κ3) is 8.30. The lowest BCUT2D eigenvalue weighted by molar-refractivity contribution is -0.264. The number of pyridine rings is 1. The van der Waals surface area contributed by atoms with E-state index in [0.717, 1.165) is 38.8 Å². The molecule has 1 aromatic heterocycles. The van der Waals surface area contributed by atoms with Gasteiger partial charge in [-0.3, -0.25) is 9.88 Å².